The zero-order valence-corrected chi connectivity index (χ0v) is 20.1. The fourth-order valence-electron chi connectivity index (χ4n) is 4.47. The van der Waals surface area contributed by atoms with Gasteiger partial charge in [-0.2, -0.15) is 5.10 Å². The van der Waals surface area contributed by atoms with Crippen molar-refractivity contribution in [3.8, 4) is 22.7 Å². The summed E-state index contributed by atoms with van der Waals surface area (Å²) in [4.78, 5) is 28.4. The largest absolute Gasteiger partial charge is 0.495 e. The molecule has 9 nitrogen and oxygen atoms in total. The maximum atomic E-state index is 14.6. The van der Waals surface area contributed by atoms with Gasteiger partial charge in [0.1, 0.15) is 17.3 Å². The van der Waals surface area contributed by atoms with E-state index in [4.69, 9.17) is 4.74 Å². The molecule has 188 valence electrons. The van der Waals surface area contributed by atoms with Gasteiger partial charge in [-0.25, -0.2) is 9.07 Å². The van der Waals surface area contributed by atoms with E-state index in [2.05, 4.69) is 10.00 Å². The van der Waals surface area contributed by atoms with Gasteiger partial charge in [0.05, 0.1) is 29.1 Å². The third kappa shape index (κ3) is 4.73. The highest BCUT2D eigenvalue weighted by Crippen LogP contribution is 2.30. The second-order valence-electron chi connectivity index (χ2n) is 8.53. The van der Waals surface area contributed by atoms with Gasteiger partial charge in [-0.15, -0.1) is 0 Å². The number of nitrogens with zero attached hydrogens (tertiary/aromatic N) is 5. The van der Waals surface area contributed by atoms with Gasteiger partial charge in [0.15, 0.2) is 0 Å². The number of methoxy groups -OCH3 is 1. The molecular formula is C27H24FN5O4. The summed E-state index contributed by atoms with van der Waals surface area (Å²) in [6, 6.07) is 21.3. The number of piperazine rings is 1. The molecule has 0 saturated carbocycles. The number of aromatic nitrogens is 2. The minimum absolute atomic E-state index is 0.135. The molecule has 3 aromatic carbocycles. The lowest BCUT2D eigenvalue weighted by molar-refractivity contribution is -0.384. The molecule has 10 heteroatoms. The molecular weight excluding hydrogens is 477 g/mol. The van der Waals surface area contributed by atoms with Gasteiger partial charge in [0.2, 0.25) is 0 Å². The molecule has 0 atom stereocenters. The Kier molecular flexibility index (Phi) is 6.55. The minimum Gasteiger partial charge on any atom is -0.495 e. The third-order valence-corrected chi connectivity index (χ3v) is 6.36. The van der Waals surface area contributed by atoms with Gasteiger partial charge in [0.25, 0.3) is 11.6 Å². The Bertz CT molecular complexity index is 1460. The van der Waals surface area contributed by atoms with Gasteiger partial charge in [0, 0.05) is 43.9 Å². The van der Waals surface area contributed by atoms with Gasteiger partial charge < -0.3 is 14.5 Å². The van der Waals surface area contributed by atoms with Crippen LogP contribution < -0.4 is 9.64 Å². The highest BCUT2D eigenvalue weighted by atomic mass is 19.1. The Morgan fingerprint density at radius 3 is 2.43 bits per heavy atom. The smallest absolute Gasteiger partial charge is 0.272 e. The first-order valence-corrected chi connectivity index (χ1v) is 11.7. The van der Waals surface area contributed by atoms with Crippen LogP contribution >= 0.6 is 0 Å². The van der Waals surface area contributed by atoms with Gasteiger partial charge >= 0.3 is 0 Å². The van der Waals surface area contributed by atoms with Crippen molar-refractivity contribution in [1.82, 2.24) is 14.7 Å². The van der Waals surface area contributed by atoms with Crippen LogP contribution in [0.25, 0.3) is 16.9 Å². The van der Waals surface area contributed by atoms with Crippen molar-refractivity contribution >= 4 is 17.3 Å². The first-order valence-electron chi connectivity index (χ1n) is 11.7. The van der Waals surface area contributed by atoms with Crippen molar-refractivity contribution < 1.29 is 18.8 Å². The summed E-state index contributed by atoms with van der Waals surface area (Å²) < 4.78 is 21.4. The molecule has 1 saturated heterocycles. The Morgan fingerprint density at radius 2 is 1.70 bits per heavy atom. The molecule has 0 unspecified atom stereocenters. The molecule has 0 aliphatic carbocycles. The molecule has 4 aromatic rings. The average molecular weight is 502 g/mol. The van der Waals surface area contributed by atoms with Crippen molar-refractivity contribution in [2.24, 2.45) is 0 Å². The summed E-state index contributed by atoms with van der Waals surface area (Å²) in [5.41, 5.74) is 1.87. The highest BCUT2D eigenvalue weighted by Gasteiger charge is 2.28. The van der Waals surface area contributed by atoms with Gasteiger partial charge in [-0.1, -0.05) is 30.3 Å². The average Bonchev–Trinajstić information content (AvgIpc) is 3.38. The molecule has 1 aliphatic heterocycles. The van der Waals surface area contributed by atoms with Crippen LogP contribution in [0.15, 0.2) is 78.9 Å². The number of amides is 1. The van der Waals surface area contributed by atoms with Crippen LogP contribution in [0.4, 0.5) is 15.8 Å². The number of hydrogen-bond acceptors (Lipinski definition) is 6. The second kappa shape index (κ2) is 10.1. The van der Waals surface area contributed by atoms with E-state index in [0.29, 0.717) is 31.9 Å². The Labute approximate surface area is 212 Å². The highest BCUT2D eigenvalue weighted by molar-refractivity contribution is 5.94. The van der Waals surface area contributed by atoms with E-state index >= 15 is 0 Å². The first-order chi connectivity index (χ1) is 18.0. The lowest BCUT2D eigenvalue weighted by atomic mass is 10.1. The quantitative estimate of drug-likeness (QED) is 0.284. The summed E-state index contributed by atoms with van der Waals surface area (Å²) in [6.45, 7) is 2.09. The number of halogens is 1. The predicted octanol–water partition coefficient (Wildman–Crippen LogP) is 4.56. The molecule has 2 heterocycles. The van der Waals surface area contributed by atoms with Crippen LogP contribution in [0.1, 0.15) is 10.5 Å². The van der Waals surface area contributed by atoms with E-state index in [1.54, 1.807) is 36.3 Å². The molecule has 0 spiro atoms. The van der Waals surface area contributed by atoms with Crippen LogP contribution in [-0.2, 0) is 0 Å². The van der Waals surface area contributed by atoms with E-state index in [1.807, 2.05) is 24.3 Å². The van der Waals surface area contributed by atoms with Crippen molar-refractivity contribution in [3.63, 3.8) is 0 Å². The topological polar surface area (TPSA) is 93.7 Å². The lowest BCUT2D eigenvalue weighted by Crippen LogP contribution is -2.49. The maximum Gasteiger partial charge on any atom is 0.272 e. The monoisotopic (exact) mass is 501 g/mol. The third-order valence-electron chi connectivity index (χ3n) is 6.36. The van der Waals surface area contributed by atoms with Crippen molar-refractivity contribution in [3.05, 3.63) is 100 Å². The summed E-state index contributed by atoms with van der Waals surface area (Å²) in [6.07, 6.45) is 0. The number of rotatable bonds is 6. The molecule has 1 fully saturated rings. The van der Waals surface area contributed by atoms with Crippen LogP contribution in [0.3, 0.4) is 0 Å². The molecule has 0 bridgehead atoms. The molecule has 37 heavy (non-hydrogen) atoms. The SMILES string of the molecule is COc1ccccc1N1CCN(C(=O)c2cc(-c3ccccc3F)nn2-c2cccc([N+](=O)[O-])c2)CC1. The number of carbonyl (C=O) groups excluding carboxylic acids is 1. The van der Waals surface area contributed by atoms with Crippen molar-refractivity contribution in [2.75, 3.05) is 38.2 Å². The molecule has 1 aliphatic rings. The minimum atomic E-state index is -0.511. The van der Waals surface area contributed by atoms with E-state index in [0.717, 1.165) is 11.4 Å². The summed E-state index contributed by atoms with van der Waals surface area (Å²) in [5, 5.41) is 15.8. The first kappa shape index (κ1) is 24.0. The molecule has 1 amide bonds. The van der Waals surface area contributed by atoms with E-state index in [9.17, 15) is 19.3 Å². The normalized spacial score (nSPS) is 13.5. The van der Waals surface area contributed by atoms with Gasteiger partial charge in [-0.3, -0.25) is 14.9 Å². The Hall–Kier alpha value is -4.73. The van der Waals surface area contributed by atoms with Crippen molar-refractivity contribution in [2.45, 2.75) is 0 Å². The zero-order chi connectivity index (χ0) is 25.9. The molecule has 0 N–H and O–H groups in total. The van der Waals surface area contributed by atoms with Crippen LogP contribution in [-0.4, -0.2) is 58.8 Å². The number of nitro benzene ring substituents is 1. The number of anilines is 1. The summed E-state index contributed by atoms with van der Waals surface area (Å²) in [5.74, 6) is -0.00237. The van der Waals surface area contributed by atoms with Gasteiger partial charge in [-0.05, 0) is 36.4 Å². The maximum absolute atomic E-state index is 14.6. The van der Waals surface area contributed by atoms with Crippen molar-refractivity contribution in [1.29, 1.82) is 0 Å². The Balaban J connectivity index is 1.47. The standard InChI is InChI=1S/C27H24FN5O4/c1-37-26-12-5-4-11-24(26)30-13-15-31(16-14-30)27(34)25-18-23(21-9-2-3-10-22(21)28)29-32(25)19-7-6-8-20(17-19)33(35)36/h2-12,17-18H,13-16H2,1H3. The zero-order valence-electron chi connectivity index (χ0n) is 20.1. The predicted molar refractivity (Wildman–Crippen MR) is 137 cm³/mol. The number of hydrogen-bond donors (Lipinski definition) is 0. The number of carbonyl (C=O) groups is 1. The fourth-order valence-corrected chi connectivity index (χ4v) is 4.47. The molecule has 0 radical (unpaired) electrons. The van der Waals surface area contributed by atoms with Crippen LogP contribution in [0.5, 0.6) is 5.75 Å². The molecule has 1 aromatic heterocycles. The fraction of sp³-hybridized carbons (Fsp3) is 0.185. The molecule has 5 rings (SSSR count). The summed E-state index contributed by atoms with van der Waals surface area (Å²) >= 11 is 0. The summed E-state index contributed by atoms with van der Waals surface area (Å²) in [7, 11) is 1.63. The number of benzene rings is 3. The van der Waals surface area contributed by atoms with E-state index < -0.39 is 10.7 Å². The number of nitro groups is 1. The van der Waals surface area contributed by atoms with E-state index in [-0.39, 0.29) is 28.5 Å². The number of para-hydroxylation sites is 2. The lowest BCUT2D eigenvalue weighted by Gasteiger charge is -2.36. The second-order valence-corrected chi connectivity index (χ2v) is 8.53. The van der Waals surface area contributed by atoms with E-state index in [1.165, 1.54) is 35.0 Å². The Morgan fingerprint density at radius 1 is 0.973 bits per heavy atom. The van der Waals surface area contributed by atoms with Crippen LogP contribution in [0, 0.1) is 15.9 Å². The van der Waals surface area contributed by atoms with Crippen LogP contribution in [0.2, 0.25) is 0 Å². The number of non-ortho nitro benzene ring substituents is 1. The number of ether oxygens (including phenoxy) is 1.